The van der Waals surface area contributed by atoms with Crippen LogP contribution < -0.4 is 4.90 Å². The number of nitrogens with zero attached hydrogens (tertiary/aromatic N) is 4. The van der Waals surface area contributed by atoms with Gasteiger partial charge in [0.15, 0.2) is 0 Å². The van der Waals surface area contributed by atoms with Crippen molar-refractivity contribution in [1.29, 1.82) is 0 Å². The summed E-state index contributed by atoms with van der Waals surface area (Å²) in [7, 11) is -3.28. The molecule has 0 saturated carbocycles. The number of rotatable bonds is 6. The number of hydrogen-bond donors (Lipinski definition) is 1. The third kappa shape index (κ3) is 5.25. The fourth-order valence-electron chi connectivity index (χ4n) is 5.28. The van der Waals surface area contributed by atoms with Gasteiger partial charge in [-0.25, -0.2) is 23.2 Å². The van der Waals surface area contributed by atoms with E-state index in [9.17, 15) is 18.3 Å². The van der Waals surface area contributed by atoms with Gasteiger partial charge in [-0.1, -0.05) is 30.3 Å². The minimum atomic E-state index is -3.28. The van der Waals surface area contributed by atoms with Gasteiger partial charge in [0.1, 0.15) is 0 Å². The monoisotopic (exact) mass is 486 g/mol. The van der Waals surface area contributed by atoms with E-state index in [-0.39, 0.29) is 16.5 Å². The molecule has 4 rings (SSSR count). The fourth-order valence-corrected chi connectivity index (χ4v) is 6.78. The van der Waals surface area contributed by atoms with E-state index in [4.69, 9.17) is 0 Å². The summed E-state index contributed by atoms with van der Waals surface area (Å²) in [5.74, 6) is -0.461. The molecule has 2 aliphatic rings. The largest absolute Gasteiger partial charge is 0.478 e. The van der Waals surface area contributed by atoms with E-state index >= 15 is 0 Å². The first-order valence-electron chi connectivity index (χ1n) is 11.9. The van der Waals surface area contributed by atoms with Gasteiger partial charge >= 0.3 is 5.97 Å². The number of sulfonamides is 1. The lowest BCUT2D eigenvalue weighted by molar-refractivity contribution is 0.0396. The highest BCUT2D eigenvalue weighted by Crippen LogP contribution is 2.46. The van der Waals surface area contributed by atoms with Crippen molar-refractivity contribution >= 4 is 21.9 Å². The number of carbonyl (C=O) groups is 1. The number of anilines is 1. The lowest BCUT2D eigenvalue weighted by atomic mass is 9.69. The van der Waals surface area contributed by atoms with E-state index in [2.05, 4.69) is 14.9 Å². The fraction of sp³-hybridized carbons (Fsp3) is 0.560. The number of carboxylic acid groups (broad SMARTS) is 1. The zero-order chi connectivity index (χ0) is 24.6. The molecule has 0 aliphatic carbocycles. The number of hydrogen-bond acceptors (Lipinski definition) is 6. The molecule has 0 amide bonds. The summed E-state index contributed by atoms with van der Waals surface area (Å²) in [5.41, 5.74) is 1.43. The molecular weight excluding hydrogens is 452 g/mol. The molecule has 184 valence electrons. The molecular formula is C25H34N4O4S. The average Bonchev–Trinajstić information content (AvgIpc) is 2.80. The van der Waals surface area contributed by atoms with Crippen LogP contribution in [0.3, 0.4) is 0 Å². The topological polar surface area (TPSA) is 104 Å². The Labute approximate surface area is 202 Å². The quantitative estimate of drug-likeness (QED) is 0.667. The van der Waals surface area contributed by atoms with E-state index in [0.717, 1.165) is 44.3 Å². The van der Waals surface area contributed by atoms with Crippen LogP contribution in [-0.4, -0.2) is 65.2 Å². The summed E-state index contributed by atoms with van der Waals surface area (Å²) in [6.07, 6.45) is 7.52. The molecule has 9 heteroatoms. The molecule has 1 aromatic carbocycles. The van der Waals surface area contributed by atoms with Crippen molar-refractivity contribution in [3.63, 3.8) is 0 Å². The Bertz CT molecular complexity index is 1140. The zero-order valence-electron chi connectivity index (χ0n) is 20.2. The Balaban J connectivity index is 1.48. The average molecular weight is 487 g/mol. The predicted octanol–water partition coefficient (Wildman–Crippen LogP) is 3.38. The van der Waals surface area contributed by atoms with Crippen LogP contribution in [-0.2, 0) is 22.9 Å². The second-order valence-corrected chi connectivity index (χ2v) is 12.3. The van der Waals surface area contributed by atoms with Crippen molar-refractivity contribution in [3.8, 4) is 0 Å². The maximum atomic E-state index is 12.4. The Morgan fingerprint density at radius 3 is 2.35 bits per heavy atom. The first-order chi connectivity index (χ1) is 16.0. The van der Waals surface area contributed by atoms with Crippen molar-refractivity contribution in [2.24, 2.45) is 5.41 Å². The minimum absolute atomic E-state index is 0.0355. The van der Waals surface area contributed by atoms with E-state index < -0.39 is 16.0 Å². The summed E-state index contributed by atoms with van der Waals surface area (Å²) in [5, 5.41) is 9.62. The van der Waals surface area contributed by atoms with Crippen LogP contribution in [0.15, 0.2) is 36.5 Å². The number of benzene rings is 1. The molecule has 2 aromatic rings. The van der Waals surface area contributed by atoms with Gasteiger partial charge < -0.3 is 10.0 Å². The number of piperidine rings is 2. The Morgan fingerprint density at radius 2 is 1.74 bits per heavy atom. The highest BCUT2D eigenvalue weighted by atomic mass is 32.2. The zero-order valence-corrected chi connectivity index (χ0v) is 21.0. The van der Waals surface area contributed by atoms with Crippen molar-refractivity contribution in [2.45, 2.75) is 57.9 Å². The van der Waals surface area contributed by atoms with Gasteiger partial charge in [-0.2, -0.15) is 4.31 Å². The molecule has 0 bridgehead atoms. The molecule has 2 aliphatic heterocycles. The van der Waals surface area contributed by atoms with Crippen molar-refractivity contribution in [1.82, 2.24) is 14.3 Å². The Hall–Kier alpha value is -2.52. The van der Waals surface area contributed by atoms with E-state index in [1.807, 2.05) is 44.2 Å². The van der Waals surface area contributed by atoms with Crippen LogP contribution in [0.5, 0.6) is 0 Å². The molecule has 0 unspecified atom stereocenters. The van der Waals surface area contributed by atoms with E-state index in [1.165, 1.54) is 12.5 Å². The maximum absolute atomic E-state index is 12.4. The van der Waals surface area contributed by atoms with Crippen LogP contribution in [0, 0.1) is 5.41 Å². The molecule has 2 fully saturated rings. The van der Waals surface area contributed by atoms with Gasteiger partial charge in [0.2, 0.25) is 16.0 Å². The highest BCUT2D eigenvalue weighted by Gasteiger charge is 2.47. The predicted molar refractivity (Wildman–Crippen MR) is 132 cm³/mol. The third-order valence-corrected chi connectivity index (χ3v) is 8.93. The summed E-state index contributed by atoms with van der Waals surface area (Å²) < 4.78 is 26.6. The summed E-state index contributed by atoms with van der Waals surface area (Å²) in [6, 6.07) is 9.95. The summed E-state index contributed by atoms with van der Waals surface area (Å²) >= 11 is 0. The first-order valence-corrected chi connectivity index (χ1v) is 13.7. The molecule has 34 heavy (non-hydrogen) atoms. The summed E-state index contributed by atoms with van der Waals surface area (Å²) in [4.78, 5) is 22.9. The lowest BCUT2D eigenvalue weighted by Gasteiger charge is -2.52. The molecule has 8 nitrogen and oxygen atoms in total. The molecule has 0 atom stereocenters. The van der Waals surface area contributed by atoms with E-state index in [0.29, 0.717) is 31.0 Å². The van der Waals surface area contributed by atoms with Gasteiger partial charge in [0.25, 0.3) is 0 Å². The Kier molecular flexibility index (Phi) is 6.70. The number of aromatic nitrogens is 2. The summed E-state index contributed by atoms with van der Waals surface area (Å²) in [6.45, 7) is 6.01. The number of aromatic carboxylic acids is 1. The van der Waals surface area contributed by atoms with Gasteiger partial charge in [-0.05, 0) is 63.4 Å². The van der Waals surface area contributed by atoms with Gasteiger partial charge in [0.05, 0.1) is 17.5 Å². The van der Waals surface area contributed by atoms with Crippen LogP contribution in [0.1, 0.15) is 61.1 Å². The normalized spacial score (nSPS) is 20.4. The van der Waals surface area contributed by atoms with Crippen LogP contribution in [0.25, 0.3) is 0 Å². The van der Waals surface area contributed by atoms with Gasteiger partial charge in [0, 0.05) is 31.4 Å². The molecule has 0 radical (unpaired) electrons. The third-order valence-electron chi connectivity index (χ3n) is 7.51. The standard InChI is InChI=1S/C25H34N4O4S/c1-24(2)11-12-25(18-29(24)34(3,32)33)13-15-28(16-14-25)23-26-17-20(22(30)31)21(27-23)10-9-19-7-5-4-6-8-19/h4-8,17H,9-16,18H2,1-3H3,(H,30,31). The maximum Gasteiger partial charge on any atom is 0.339 e. The second-order valence-electron chi connectivity index (χ2n) is 10.4. The number of carboxylic acids is 1. The van der Waals surface area contributed by atoms with Crippen LogP contribution in [0.2, 0.25) is 0 Å². The second kappa shape index (κ2) is 9.26. The molecule has 1 spiro atoms. The van der Waals surface area contributed by atoms with E-state index in [1.54, 1.807) is 4.31 Å². The Morgan fingerprint density at radius 1 is 1.06 bits per heavy atom. The van der Waals surface area contributed by atoms with Crippen LogP contribution in [0.4, 0.5) is 5.95 Å². The molecule has 1 N–H and O–H groups in total. The molecule has 3 heterocycles. The highest BCUT2D eigenvalue weighted by molar-refractivity contribution is 7.88. The lowest BCUT2D eigenvalue weighted by Crippen LogP contribution is -2.58. The van der Waals surface area contributed by atoms with Crippen LogP contribution >= 0.6 is 0 Å². The van der Waals surface area contributed by atoms with Crippen molar-refractivity contribution in [2.75, 3.05) is 30.8 Å². The molecule has 2 saturated heterocycles. The van der Waals surface area contributed by atoms with Crippen molar-refractivity contribution < 1.29 is 18.3 Å². The number of aryl methyl sites for hydroxylation is 2. The SMILES string of the molecule is CC1(C)CCC2(CCN(c3ncc(C(=O)O)c(CCc4ccccc4)n3)CC2)CN1S(C)(=O)=O. The van der Waals surface area contributed by atoms with Gasteiger partial charge in [-0.15, -0.1) is 0 Å². The smallest absolute Gasteiger partial charge is 0.339 e. The van der Waals surface area contributed by atoms with Gasteiger partial charge in [-0.3, -0.25) is 0 Å². The van der Waals surface area contributed by atoms with Crippen molar-refractivity contribution in [3.05, 3.63) is 53.3 Å². The molecule has 1 aromatic heterocycles. The first kappa shape index (κ1) is 24.6. The minimum Gasteiger partial charge on any atom is -0.478 e.